The van der Waals surface area contributed by atoms with Crippen LogP contribution in [0.1, 0.15) is 31.9 Å². The van der Waals surface area contributed by atoms with Crippen LogP contribution in [-0.4, -0.2) is 49.0 Å². The molecule has 1 aliphatic carbocycles. The maximum Gasteiger partial charge on any atom is 0.254 e. The summed E-state index contributed by atoms with van der Waals surface area (Å²) in [5.74, 6) is 1.72. The molecule has 1 aliphatic heterocycles. The average Bonchev–Trinajstić information content (AvgIpc) is 3.09. The molecule has 110 valence electrons. The lowest BCUT2D eigenvalue weighted by Crippen LogP contribution is -2.30. The molecular weight excluding hydrogens is 268 g/mol. The molecule has 2 aromatic rings. The molecule has 1 unspecified atom stereocenters. The highest BCUT2D eigenvalue weighted by Crippen LogP contribution is 2.31. The zero-order valence-electron chi connectivity index (χ0n) is 12.0. The van der Waals surface area contributed by atoms with E-state index >= 15 is 0 Å². The normalized spacial score (nSPS) is 22.2. The van der Waals surface area contributed by atoms with Crippen molar-refractivity contribution in [3.8, 4) is 0 Å². The lowest BCUT2D eigenvalue weighted by molar-refractivity contribution is -0.128. The van der Waals surface area contributed by atoms with Crippen LogP contribution in [0.25, 0.3) is 5.78 Å². The summed E-state index contributed by atoms with van der Waals surface area (Å²) in [6.45, 7) is 2.84. The molecule has 0 radical (unpaired) electrons. The van der Waals surface area contributed by atoms with E-state index < -0.39 is 0 Å². The van der Waals surface area contributed by atoms with Gasteiger partial charge in [-0.3, -0.25) is 4.79 Å². The van der Waals surface area contributed by atoms with Crippen LogP contribution >= 0.6 is 0 Å². The first-order valence-electron chi connectivity index (χ1n) is 7.50. The third-order valence-corrected chi connectivity index (χ3v) is 4.17. The quantitative estimate of drug-likeness (QED) is 0.902. The Hall–Kier alpha value is -2.18. The number of aromatic nitrogens is 4. The number of fused-ring (bicyclic) bond motifs is 1. The Morgan fingerprint density at radius 1 is 1.43 bits per heavy atom. The summed E-state index contributed by atoms with van der Waals surface area (Å²) in [5.41, 5.74) is 0.973. The van der Waals surface area contributed by atoms with Gasteiger partial charge in [-0.15, -0.1) is 0 Å². The van der Waals surface area contributed by atoms with E-state index in [9.17, 15) is 4.79 Å². The Bertz CT molecular complexity index is 692. The van der Waals surface area contributed by atoms with Crippen molar-refractivity contribution < 1.29 is 4.79 Å². The number of amides is 1. The first-order valence-corrected chi connectivity index (χ1v) is 7.50. The highest BCUT2D eigenvalue weighted by Gasteiger charge is 2.39. The van der Waals surface area contributed by atoms with Crippen LogP contribution in [0.3, 0.4) is 0 Å². The predicted octanol–water partition coefficient (Wildman–Crippen LogP) is 0.862. The lowest BCUT2D eigenvalue weighted by Gasteiger charge is -2.17. The Morgan fingerprint density at radius 2 is 2.29 bits per heavy atom. The number of carbonyl (C=O) groups excluding carboxylic acids is 1. The van der Waals surface area contributed by atoms with Gasteiger partial charge in [-0.05, 0) is 19.3 Å². The SMILES string of the molecule is CCc1cc(NC2CC(=O)N(C3CC3)C2)n2ncnc2n1. The van der Waals surface area contributed by atoms with Crippen LogP contribution in [0.5, 0.6) is 0 Å². The van der Waals surface area contributed by atoms with E-state index in [0.717, 1.165) is 37.3 Å². The molecule has 0 aromatic carbocycles. The van der Waals surface area contributed by atoms with E-state index in [2.05, 4.69) is 27.3 Å². The van der Waals surface area contributed by atoms with Gasteiger partial charge in [-0.1, -0.05) is 6.92 Å². The maximum atomic E-state index is 12.0. The molecule has 0 spiro atoms. The van der Waals surface area contributed by atoms with Gasteiger partial charge < -0.3 is 10.2 Å². The molecule has 0 bridgehead atoms. The summed E-state index contributed by atoms with van der Waals surface area (Å²) in [6, 6.07) is 2.61. The fraction of sp³-hybridized carbons (Fsp3) is 0.571. The molecule has 21 heavy (non-hydrogen) atoms. The topological polar surface area (TPSA) is 75.4 Å². The van der Waals surface area contributed by atoms with Crippen LogP contribution in [-0.2, 0) is 11.2 Å². The minimum Gasteiger partial charge on any atom is -0.365 e. The fourth-order valence-electron chi connectivity index (χ4n) is 2.92. The van der Waals surface area contributed by atoms with Crippen LogP contribution in [0, 0.1) is 0 Å². The van der Waals surface area contributed by atoms with Crippen molar-refractivity contribution in [1.82, 2.24) is 24.5 Å². The Balaban J connectivity index is 1.59. The summed E-state index contributed by atoms with van der Waals surface area (Å²) >= 11 is 0. The molecule has 2 fully saturated rings. The molecule has 2 aromatic heterocycles. The summed E-state index contributed by atoms with van der Waals surface area (Å²) in [6.07, 6.45) is 5.21. The number of nitrogens with zero attached hydrogens (tertiary/aromatic N) is 5. The lowest BCUT2D eigenvalue weighted by atomic mass is 10.2. The predicted molar refractivity (Wildman–Crippen MR) is 76.9 cm³/mol. The molecule has 7 heteroatoms. The monoisotopic (exact) mass is 286 g/mol. The Kier molecular flexibility index (Phi) is 2.80. The first kappa shape index (κ1) is 12.6. The maximum absolute atomic E-state index is 12.0. The molecule has 1 saturated heterocycles. The second kappa shape index (κ2) is 4.68. The van der Waals surface area contributed by atoms with Crippen LogP contribution in [0.4, 0.5) is 5.82 Å². The van der Waals surface area contributed by atoms with Crippen LogP contribution in [0.2, 0.25) is 0 Å². The van der Waals surface area contributed by atoms with Crippen LogP contribution < -0.4 is 5.32 Å². The third-order valence-electron chi connectivity index (χ3n) is 4.17. The second-order valence-electron chi connectivity index (χ2n) is 5.78. The first-order chi connectivity index (χ1) is 10.2. The van der Waals surface area contributed by atoms with Gasteiger partial charge in [0.2, 0.25) is 5.91 Å². The second-order valence-corrected chi connectivity index (χ2v) is 5.78. The zero-order valence-corrected chi connectivity index (χ0v) is 12.0. The third kappa shape index (κ3) is 2.22. The smallest absolute Gasteiger partial charge is 0.254 e. The van der Waals surface area contributed by atoms with Crippen molar-refractivity contribution in [3.63, 3.8) is 0 Å². The number of anilines is 1. The highest BCUT2D eigenvalue weighted by molar-refractivity contribution is 5.80. The fourth-order valence-corrected chi connectivity index (χ4v) is 2.92. The van der Waals surface area contributed by atoms with E-state index in [1.165, 1.54) is 6.33 Å². The van der Waals surface area contributed by atoms with E-state index in [-0.39, 0.29) is 11.9 Å². The molecule has 1 amide bonds. The van der Waals surface area contributed by atoms with Gasteiger partial charge in [0.25, 0.3) is 5.78 Å². The zero-order chi connectivity index (χ0) is 14.4. The van der Waals surface area contributed by atoms with Crippen molar-refractivity contribution in [2.45, 2.75) is 44.7 Å². The Labute approximate surface area is 122 Å². The minimum atomic E-state index is 0.137. The minimum absolute atomic E-state index is 0.137. The van der Waals surface area contributed by atoms with Crippen molar-refractivity contribution in [1.29, 1.82) is 0 Å². The van der Waals surface area contributed by atoms with Crippen molar-refractivity contribution in [3.05, 3.63) is 18.1 Å². The van der Waals surface area contributed by atoms with Crippen molar-refractivity contribution in [2.24, 2.45) is 0 Å². The average molecular weight is 286 g/mol. The number of rotatable bonds is 4. The molecule has 4 rings (SSSR count). The van der Waals surface area contributed by atoms with Crippen LogP contribution in [0.15, 0.2) is 12.4 Å². The van der Waals surface area contributed by atoms with Gasteiger partial charge in [-0.2, -0.15) is 14.6 Å². The number of hydrogen-bond acceptors (Lipinski definition) is 5. The van der Waals surface area contributed by atoms with E-state index in [0.29, 0.717) is 18.2 Å². The van der Waals surface area contributed by atoms with Crippen molar-refractivity contribution >= 4 is 17.5 Å². The number of likely N-dealkylation sites (tertiary alicyclic amines) is 1. The highest BCUT2D eigenvalue weighted by atomic mass is 16.2. The molecule has 7 nitrogen and oxygen atoms in total. The molecule has 1 N–H and O–H groups in total. The Morgan fingerprint density at radius 3 is 3.05 bits per heavy atom. The van der Waals surface area contributed by atoms with Gasteiger partial charge in [0.15, 0.2) is 0 Å². The standard InChI is InChI=1S/C14H18N6O/c1-2-9-5-12(20-14(18-9)15-8-16-20)17-10-6-13(21)19(7-10)11-3-4-11/h5,8,10-11,17H,2-4,6-7H2,1H3. The summed E-state index contributed by atoms with van der Waals surface area (Å²) in [4.78, 5) is 22.6. The molecular formula is C14H18N6O. The summed E-state index contributed by atoms with van der Waals surface area (Å²) in [7, 11) is 0. The van der Waals surface area contributed by atoms with Gasteiger partial charge >= 0.3 is 0 Å². The van der Waals surface area contributed by atoms with Gasteiger partial charge in [-0.25, -0.2) is 4.98 Å². The van der Waals surface area contributed by atoms with Gasteiger partial charge in [0.05, 0.1) is 6.04 Å². The van der Waals surface area contributed by atoms with E-state index in [1.54, 1.807) is 4.52 Å². The summed E-state index contributed by atoms with van der Waals surface area (Å²) < 4.78 is 1.70. The van der Waals surface area contributed by atoms with E-state index in [1.807, 2.05) is 11.0 Å². The van der Waals surface area contributed by atoms with E-state index in [4.69, 9.17) is 0 Å². The molecule has 3 heterocycles. The van der Waals surface area contributed by atoms with Gasteiger partial charge in [0.1, 0.15) is 12.1 Å². The van der Waals surface area contributed by atoms with Gasteiger partial charge in [0, 0.05) is 30.8 Å². The molecule has 1 saturated carbocycles. The number of nitrogens with one attached hydrogen (secondary N) is 1. The largest absolute Gasteiger partial charge is 0.365 e. The number of aryl methyl sites for hydroxylation is 1. The summed E-state index contributed by atoms with van der Waals surface area (Å²) in [5, 5.41) is 7.65. The number of carbonyl (C=O) groups is 1. The molecule has 2 aliphatic rings. The van der Waals surface area contributed by atoms with Crippen molar-refractivity contribution in [2.75, 3.05) is 11.9 Å². The molecule has 1 atom stereocenters. The number of hydrogen-bond donors (Lipinski definition) is 1.